The summed E-state index contributed by atoms with van der Waals surface area (Å²) in [5.41, 5.74) is 13.7. The summed E-state index contributed by atoms with van der Waals surface area (Å²) in [7, 11) is 0. The summed E-state index contributed by atoms with van der Waals surface area (Å²) in [6.07, 6.45) is 0. The smallest absolute Gasteiger partial charge is 0.164 e. The van der Waals surface area contributed by atoms with Gasteiger partial charge < -0.3 is 4.57 Å². The van der Waals surface area contributed by atoms with Crippen LogP contribution in [-0.2, 0) is 0 Å². The molecule has 0 aliphatic heterocycles. The molecular weight excluding hydrogens is 767 g/mol. The van der Waals surface area contributed by atoms with Crippen LogP contribution in [0.5, 0.6) is 0 Å². The molecule has 0 atom stereocenters. The third kappa shape index (κ3) is 6.42. The van der Waals surface area contributed by atoms with Gasteiger partial charge in [0, 0.05) is 49.5 Å². The van der Waals surface area contributed by atoms with E-state index in [-0.39, 0.29) is 0 Å². The molecule has 0 spiro atoms. The third-order valence-electron chi connectivity index (χ3n) is 12.1. The molecule has 0 saturated carbocycles. The van der Waals surface area contributed by atoms with Crippen LogP contribution in [0.1, 0.15) is 0 Å². The summed E-state index contributed by atoms with van der Waals surface area (Å²) in [5.74, 6) is 1.90. The van der Waals surface area contributed by atoms with Gasteiger partial charge in [0.15, 0.2) is 17.5 Å². The first-order chi connectivity index (χ1) is 31.2. The summed E-state index contributed by atoms with van der Waals surface area (Å²) in [5, 5.41) is 5.79. The molecule has 3 aromatic heterocycles. The van der Waals surface area contributed by atoms with Gasteiger partial charge in [-0.25, -0.2) is 19.9 Å². The van der Waals surface area contributed by atoms with Gasteiger partial charge in [0.05, 0.1) is 22.2 Å². The fraction of sp³-hybridized carbons (Fsp3) is 0. The van der Waals surface area contributed by atoms with Crippen LogP contribution >= 0.6 is 0 Å². The standard InChI is InChI=1S/C58H37N5/c1-5-15-38(16-6-1)39-25-29-43(30-26-39)57-60-56(42-19-9-3-10-20-42)61-58(62-57)44-31-27-40(28-32-44)45-33-36-52-51(37-45)50-35-34-49-47-23-13-14-24-48(47)53(41-17-7-2-8-18-41)59-54(49)55(50)63(52)46-21-11-4-12-22-46/h1-37H. The molecule has 5 nitrogen and oxygen atoms in total. The lowest BCUT2D eigenvalue weighted by molar-refractivity contribution is 1.07. The second-order valence-electron chi connectivity index (χ2n) is 15.8. The van der Waals surface area contributed by atoms with Crippen molar-refractivity contribution >= 4 is 43.5 Å². The summed E-state index contributed by atoms with van der Waals surface area (Å²) < 4.78 is 2.38. The summed E-state index contributed by atoms with van der Waals surface area (Å²) >= 11 is 0. The SMILES string of the molecule is c1ccc(-c2ccc(-c3nc(-c4ccccc4)nc(-c4ccc(-c5ccc6c(c5)c5ccc7c8ccccc8c(-c8ccccc8)nc7c5n6-c5ccccc5)cc4)n3)cc2)cc1. The zero-order valence-electron chi connectivity index (χ0n) is 34.1. The van der Waals surface area contributed by atoms with Crippen LogP contribution in [-0.4, -0.2) is 24.5 Å². The van der Waals surface area contributed by atoms with Gasteiger partial charge in [-0.3, -0.25) is 0 Å². The fourth-order valence-electron chi connectivity index (χ4n) is 8.96. The highest BCUT2D eigenvalue weighted by Gasteiger charge is 2.20. The van der Waals surface area contributed by atoms with Crippen LogP contribution in [0.25, 0.3) is 117 Å². The molecule has 5 heteroatoms. The van der Waals surface area contributed by atoms with E-state index in [1.807, 2.05) is 36.4 Å². The molecule has 12 aromatic rings. The number of rotatable bonds is 7. The molecule has 0 aliphatic carbocycles. The minimum absolute atomic E-state index is 0.626. The molecule has 9 aromatic carbocycles. The average Bonchev–Trinajstić information content (AvgIpc) is 3.71. The number of benzene rings is 9. The van der Waals surface area contributed by atoms with Crippen LogP contribution < -0.4 is 0 Å². The van der Waals surface area contributed by atoms with Gasteiger partial charge in [-0.2, -0.15) is 0 Å². The van der Waals surface area contributed by atoms with Gasteiger partial charge in [-0.1, -0.05) is 200 Å². The monoisotopic (exact) mass is 803 g/mol. The minimum atomic E-state index is 0.626. The van der Waals surface area contributed by atoms with E-state index < -0.39 is 0 Å². The maximum Gasteiger partial charge on any atom is 0.164 e. The minimum Gasteiger partial charge on any atom is -0.307 e. The van der Waals surface area contributed by atoms with Crippen LogP contribution in [0.4, 0.5) is 0 Å². The van der Waals surface area contributed by atoms with Crippen LogP contribution in [0.15, 0.2) is 224 Å². The van der Waals surface area contributed by atoms with Gasteiger partial charge in [0.25, 0.3) is 0 Å². The van der Waals surface area contributed by atoms with Crippen molar-refractivity contribution in [2.75, 3.05) is 0 Å². The number of hydrogen-bond donors (Lipinski definition) is 0. The van der Waals surface area contributed by atoms with Crippen molar-refractivity contribution in [2.45, 2.75) is 0 Å². The second kappa shape index (κ2) is 15.2. The van der Waals surface area contributed by atoms with E-state index in [1.54, 1.807) is 0 Å². The van der Waals surface area contributed by atoms with Crippen LogP contribution in [0.3, 0.4) is 0 Å². The maximum atomic E-state index is 5.53. The van der Waals surface area contributed by atoms with Gasteiger partial charge in [0.1, 0.15) is 0 Å². The van der Waals surface area contributed by atoms with E-state index in [0.717, 1.165) is 83.0 Å². The molecule has 0 amide bonds. The lowest BCUT2D eigenvalue weighted by Gasteiger charge is -2.13. The molecule has 3 heterocycles. The third-order valence-corrected chi connectivity index (χ3v) is 12.1. The van der Waals surface area contributed by atoms with E-state index in [0.29, 0.717) is 17.5 Å². The molecule has 0 N–H and O–H groups in total. The van der Waals surface area contributed by atoms with Crippen LogP contribution in [0, 0.1) is 0 Å². The number of fused-ring (bicyclic) bond motifs is 7. The van der Waals surface area contributed by atoms with E-state index in [1.165, 1.54) is 16.3 Å². The molecular formula is C58H37N5. The Bertz CT molecular complexity index is 3620. The van der Waals surface area contributed by atoms with Crippen LogP contribution in [0.2, 0.25) is 0 Å². The quantitative estimate of drug-likeness (QED) is 0.151. The number of aromatic nitrogens is 5. The van der Waals surface area contributed by atoms with E-state index in [4.69, 9.17) is 19.9 Å². The van der Waals surface area contributed by atoms with Gasteiger partial charge in [-0.15, -0.1) is 0 Å². The number of pyridine rings is 1. The zero-order valence-corrected chi connectivity index (χ0v) is 34.1. The molecule has 0 aliphatic rings. The van der Waals surface area contributed by atoms with Crippen molar-refractivity contribution in [3.8, 4) is 73.4 Å². The average molecular weight is 804 g/mol. The molecule has 63 heavy (non-hydrogen) atoms. The van der Waals surface area contributed by atoms with Gasteiger partial charge in [0.2, 0.25) is 0 Å². The molecule has 0 bridgehead atoms. The predicted molar refractivity (Wildman–Crippen MR) is 260 cm³/mol. The lowest BCUT2D eigenvalue weighted by Crippen LogP contribution is -2.00. The molecule has 12 rings (SSSR count). The van der Waals surface area contributed by atoms with Crippen molar-refractivity contribution in [1.29, 1.82) is 0 Å². The highest BCUT2D eigenvalue weighted by atomic mass is 15.0. The van der Waals surface area contributed by atoms with Gasteiger partial charge in [-0.05, 0) is 51.9 Å². The normalized spacial score (nSPS) is 11.5. The molecule has 294 valence electrons. The van der Waals surface area contributed by atoms with E-state index in [2.05, 4.69) is 193 Å². The Hall–Kier alpha value is -8.54. The van der Waals surface area contributed by atoms with Crippen molar-refractivity contribution < 1.29 is 0 Å². The van der Waals surface area contributed by atoms with E-state index in [9.17, 15) is 0 Å². The topological polar surface area (TPSA) is 56.5 Å². The summed E-state index contributed by atoms with van der Waals surface area (Å²) in [6, 6.07) is 78.6. The van der Waals surface area contributed by atoms with E-state index >= 15 is 0 Å². The number of hydrogen-bond acceptors (Lipinski definition) is 4. The lowest BCUT2D eigenvalue weighted by atomic mass is 9.98. The molecule has 0 radical (unpaired) electrons. The number of para-hydroxylation sites is 1. The van der Waals surface area contributed by atoms with Crippen molar-refractivity contribution in [1.82, 2.24) is 24.5 Å². The Morgan fingerprint density at radius 1 is 0.270 bits per heavy atom. The zero-order chi connectivity index (χ0) is 41.7. The van der Waals surface area contributed by atoms with Crippen molar-refractivity contribution in [3.63, 3.8) is 0 Å². The highest BCUT2D eigenvalue weighted by Crippen LogP contribution is 2.41. The molecule has 0 unspecified atom stereocenters. The second-order valence-corrected chi connectivity index (χ2v) is 15.8. The first kappa shape index (κ1) is 36.3. The summed E-state index contributed by atoms with van der Waals surface area (Å²) in [6.45, 7) is 0. The Kier molecular flexibility index (Phi) is 8.75. The largest absolute Gasteiger partial charge is 0.307 e. The Morgan fingerprint density at radius 2 is 0.698 bits per heavy atom. The Balaban J connectivity index is 0.981. The predicted octanol–water partition coefficient (Wildman–Crippen LogP) is 14.7. The van der Waals surface area contributed by atoms with Crippen molar-refractivity contribution in [2.24, 2.45) is 0 Å². The van der Waals surface area contributed by atoms with Crippen molar-refractivity contribution in [3.05, 3.63) is 224 Å². The number of nitrogens with zero attached hydrogens (tertiary/aromatic N) is 5. The molecule has 0 fully saturated rings. The van der Waals surface area contributed by atoms with Gasteiger partial charge >= 0.3 is 0 Å². The highest BCUT2D eigenvalue weighted by molar-refractivity contribution is 6.23. The summed E-state index contributed by atoms with van der Waals surface area (Å²) in [4.78, 5) is 20.6. The first-order valence-corrected chi connectivity index (χ1v) is 21.2. The Labute approximate surface area is 364 Å². The first-order valence-electron chi connectivity index (χ1n) is 21.2. The molecule has 0 saturated heterocycles. The Morgan fingerprint density at radius 3 is 1.30 bits per heavy atom. The maximum absolute atomic E-state index is 5.53. The fourth-order valence-corrected chi connectivity index (χ4v) is 8.96.